The number of Topliss-reactive ketones (excluding diaryl/α,β-unsaturated/α-hetero) is 1. The molecule has 0 atom stereocenters. The van der Waals surface area contributed by atoms with Gasteiger partial charge in [-0.05, 0) is 44.0 Å². The Bertz CT molecular complexity index is 648. The summed E-state index contributed by atoms with van der Waals surface area (Å²) in [5.41, 5.74) is 1.10. The maximum atomic E-state index is 11.9. The summed E-state index contributed by atoms with van der Waals surface area (Å²) in [4.78, 5) is 23.1. The van der Waals surface area contributed by atoms with Gasteiger partial charge in [0.05, 0.1) is 12.8 Å². The zero-order valence-corrected chi connectivity index (χ0v) is 12.8. The standard InChI is InChI=1S/C14H18N2O4S/c1-10(17)11-3-5-12(6-4-11)15-14(18)9-16(13-7-8-13)21(2,19)20/h3-6,13H,7-9H2,1-2H3,(H,15,18). The molecule has 0 saturated heterocycles. The predicted molar refractivity (Wildman–Crippen MR) is 79.6 cm³/mol. The predicted octanol–water partition coefficient (Wildman–Crippen LogP) is 1.25. The fourth-order valence-electron chi connectivity index (χ4n) is 2.01. The van der Waals surface area contributed by atoms with E-state index in [4.69, 9.17) is 0 Å². The van der Waals surface area contributed by atoms with E-state index in [9.17, 15) is 18.0 Å². The molecule has 1 aromatic carbocycles. The first-order chi connectivity index (χ1) is 9.77. The summed E-state index contributed by atoms with van der Waals surface area (Å²) < 4.78 is 24.5. The average molecular weight is 310 g/mol. The van der Waals surface area contributed by atoms with Crippen LogP contribution in [0.25, 0.3) is 0 Å². The Morgan fingerprint density at radius 2 is 1.81 bits per heavy atom. The number of sulfonamides is 1. The van der Waals surface area contributed by atoms with Gasteiger partial charge in [0.15, 0.2) is 5.78 Å². The van der Waals surface area contributed by atoms with Gasteiger partial charge >= 0.3 is 0 Å². The van der Waals surface area contributed by atoms with Crippen LogP contribution >= 0.6 is 0 Å². The van der Waals surface area contributed by atoms with Crippen LogP contribution in [0, 0.1) is 0 Å². The molecular formula is C14H18N2O4S. The molecule has 0 bridgehead atoms. The van der Waals surface area contributed by atoms with E-state index in [0.717, 1.165) is 19.1 Å². The number of benzene rings is 1. The van der Waals surface area contributed by atoms with Crippen LogP contribution in [0.3, 0.4) is 0 Å². The molecule has 1 aromatic rings. The van der Waals surface area contributed by atoms with Crippen molar-refractivity contribution < 1.29 is 18.0 Å². The molecule has 21 heavy (non-hydrogen) atoms. The molecule has 0 spiro atoms. The molecule has 0 radical (unpaired) electrons. The van der Waals surface area contributed by atoms with Crippen molar-refractivity contribution in [1.29, 1.82) is 0 Å². The summed E-state index contributed by atoms with van der Waals surface area (Å²) >= 11 is 0. The fraction of sp³-hybridized carbons (Fsp3) is 0.429. The van der Waals surface area contributed by atoms with Gasteiger partial charge in [-0.1, -0.05) is 0 Å². The Morgan fingerprint density at radius 3 is 2.24 bits per heavy atom. The molecule has 1 aliphatic carbocycles. The van der Waals surface area contributed by atoms with E-state index in [1.807, 2.05) is 0 Å². The highest BCUT2D eigenvalue weighted by molar-refractivity contribution is 7.88. The maximum absolute atomic E-state index is 11.9. The highest BCUT2D eigenvalue weighted by atomic mass is 32.2. The van der Waals surface area contributed by atoms with Gasteiger partial charge in [0.25, 0.3) is 0 Å². The number of ketones is 1. The average Bonchev–Trinajstić information content (AvgIpc) is 3.19. The van der Waals surface area contributed by atoms with Gasteiger partial charge in [-0.25, -0.2) is 8.42 Å². The van der Waals surface area contributed by atoms with Crippen molar-refractivity contribution >= 4 is 27.4 Å². The summed E-state index contributed by atoms with van der Waals surface area (Å²) in [5, 5.41) is 2.64. The van der Waals surface area contributed by atoms with E-state index < -0.39 is 10.0 Å². The van der Waals surface area contributed by atoms with E-state index in [1.54, 1.807) is 24.3 Å². The van der Waals surface area contributed by atoms with Gasteiger partial charge in [0.2, 0.25) is 15.9 Å². The first kappa shape index (κ1) is 15.7. The van der Waals surface area contributed by atoms with Crippen molar-refractivity contribution in [3.05, 3.63) is 29.8 Å². The first-order valence-electron chi connectivity index (χ1n) is 6.65. The molecule has 2 rings (SSSR count). The van der Waals surface area contributed by atoms with Crippen LogP contribution in [0.1, 0.15) is 30.1 Å². The van der Waals surface area contributed by atoms with E-state index in [0.29, 0.717) is 11.3 Å². The lowest BCUT2D eigenvalue weighted by molar-refractivity contribution is -0.116. The number of rotatable bonds is 6. The number of carbonyl (C=O) groups is 2. The van der Waals surface area contributed by atoms with Gasteiger partial charge in [0.1, 0.15) is 0 Å². The lowest BCUT2D eigenvalue weighted by Crippen LogP contribution is -2.38. The number of anilines is 1. The summed E-state index contributed by atoms with van der Waals surface area (Å²) in [6.07, 6.45) is 2.71. The molecule has 1 fully saturated rings. The Hall–Kier alpha value is -1.73. The van der Waals surface area contributed by atoms with Crippen molar-refractivity contribution in [3.63, 3.8) is 0 Å². The Balaban J connectivity index is 1.99. The second-order valence-corrected chi connectivity index (χ2v) is 7.16. The molecule has 0 heterocycles. The minimum atomic E-state index is -3.38. The monoisotopic (exact) mass is 310 g/mol. The van der Waals surface area contributed by atoms with Crippen molar-refractivity contribution in [2.45, 2.75) is 25.8 Å². The summed E-state index contributed by atoms with van der Waals surface area (Å²) in [6, 6.07) is 6.43. The van der Waals surface area contributed by atoms with Crippen LogP contribution in [-0.2, 0) is 14.8 Å². The summed E-state index contributed by atoms with van der Waals surface area (Å²) in [7, 11) is -3.38. The summed E-state index contributed by atoms with van der Waals surface area (Å²) in [6.45, 7) is 1.28. The van der Waals surface area contributed by atoms with E-state index in [2.05, 4.69) is 5.32 Å². The molecule has 7 heteroatoms. The molecule has 0 aromatic heterocycles. The molecular weight excluding hydrogens is 292 g/mol. The van der Waals surface area contributed by atoms with E-state index in [-0.39, 0.29) is 24.3 Å². The Labute approximate surface area is 124 Å². The zero-order chi connectivity index (χ0) is 15.6. The summed E-state index contributed by atoms with van der Waals surface area (Å²) in [5.74, 6) is -0.437. The third-order valence-corrected chi connectivity index (χ3v) is 4.53. The minimum absolute atomic E-state index is 0.0501. The van der Waals surface area contributed by atoms with Gasteiger partial charge in [-0.3, -0.25) is 9.59 Å². The largest absolute Gasteiger partial charge is 0.325 e. The second kappa shape index (κ2) is 5.95. The molecule has 1 amide bonds. The van der Waals surface area contributed by atoms with Gasteiger partial charge in [-0.15, -0.1) is 0 Å². The number of nitrogens with zero attached hydrogens (tertiary/aromatic N) is 1. The molecule has 1 N–H and O–H groups in total. The number of nitrogens with one attached hydrogen (secondary N) is 1. The van der Waals surface area contributed by atoms with E-state index >= 15 is 0 Å². The Kier molecular flexibility index (Phi) is 4.43. The van der Waals surface area contributed by atoms with Crippen molar-refractivity contribution in [3.8, 4) is 0 Å². The van der Waals surface area contributed by atoms with Crippen LogP contribution in [-0.4, -0.2) is 43.3 Å². The van der Waals surface area contributed by atoms with Crippen LogP contribution in [0.4, 0.5) is 5.69 Å². The quantitative estimate of drug-likeness (QED) is 0.802. The van der Waals surface area contributed by atoms with Gasteiger partial charge in [-0.2, -0.15) is 4.31 Å². The zero-order valence-electron chi connectivity index (χ0n) is 12.0. The first-order valence-corrected chi connectivity index (χ1v) is 8.50. The number of carbonyl (C=O) groups excluding carboxylic acids is 2. The lowest BCUT2D eigenvalue weighted by atomic mass is 10.1. The van der Waals surface area contributed by atoms with E-state index in [1.165, 1.54) is 11.2 Å². The number of hydrogen-bond donors (Lipinski definition) is 1. The molecule has 0 unspecified atom stereocenters. The van der Waals surface area contributed by atoms with Gasteiger partial charge in [0, 0.05) is 17.3 Å². The number of hydrogen-bond acceptors (Lipinski definition) is 4. The van der Waals surface area contributed by atoms with Crippen molar-refractivity contribution in [2.24, 2.45) is 0 Å². The number of amides is 1. The second-order valence-electron chi connectivity index (χ2n) is 5.22. The van der Waals surface area contributed by atoms with Crippen LogP contribution in [0.15, 0.2) is 24.3 Å². The molecule has 114 valence electrons. The van der Waals surface area contributed by atoms with Crippen LogP contribution in [0.5, 0.6) is 0 Å². The minimum Gasteiger partial charge on any atom is -0.325 e. The maximum Gasteiger partial charge on any atom is 0.239 e. The topological polar surface area (TPSA) is 83.6 Å². The Morgan fingerprint density at radius 1 is 1.24 bits per heavy atom. The van der Waals surface area contributed by atoms with Crippen LogP contribution in [0.2, 0.25) is 0 Å². The highest BCUT2D eigenvalue weighted by Crippen LogP contribution is 2.28. The van der Waals surface area contributed by atoms with Gasteiger partial charge < -0.3 is 5.32 Å². The van der Waals surface area contributed by atoms with Crippen molar-refractivity contribution in [1.82, 2.24) is 4.31 Å². The molecule has 6 nitrogen and oxygen atoms in total. The third kappa shape index (κ3) is 4.37. The van der Waals surface area contributed by atoms with Crippen LogP contribution < -0.4 is 5.32 Å². The molecule has 0 aliphatic heterocycles. The molecule has 1 aliphatic rings. The third-order valence-electron chi connectivity index (χ3n) is 3.25. The molecule has 1 saturated carbocycles. The van der Waals surface area contributed by atoms with Crippen molar-refractivity contribution in [2.75, 3.05) is 18.1 Å². The smallest absolute Gasteiger partial charge is 0.239 e. The normalized spacial score (nSPS) is 15.0. The fourth-order valence-corrected chi connectivity index (χ4v) is 3.11. The SMILES string of the molecule is CC(=O)c1ccc(NC(=O)CN(C2CC2)S(C)(=O)=O)cc1. The highest BCUT2D eigenvalue weighted by Gasteiger charge is 2.36. The lowest BCUT2D eigenvalue weighted by Gasteiger charge is -2.18.